The van der Waals surface area contributed by atoms with Crippen LogP contribution in [0.3, 0.4) is 0 Å². The quantitative estimate of drug-likeness (QED) is 0.217. The van der Waals surface area contributed by atoms with E-state index in [1.807, 2.05) is 30.5 Å². The first kappa shape index (κ1) is 21.5. The van der Waals surface area contributed by atoms with Gasteiger partial charge in [0.15, 0.2) is 0 Å². The van der Waals surface area contributed by atoms with E-state index in [0.717, 1.165) is 66.4 Å². The van der Waals surface area contributed by atoms with Crippen LogP contribution >= 0.6 is 0 Å². The molecule has 0 spiro atoms. The Balaban J connectivity index is 1.29. The lowest BCUT2D eigenvalue weighted by atomic mass is 9.97. The molecule has 0 unspecified atom stereocenters. The Morgan fingerprint density at radius 2 is 1.27 bits per heavy atom. The van der Waals surface area contributed by atoms with Gasteiger partial charge in [0.1, 0.15) is 16.8 Å². The molecule has 0 saturated heterocycles. The molecule has 0 amide bonds. The lowest BCUT2D eigenvalue weighted by molar-refractivity contribution is 0.669. The van der Waals surface area contributed by atoms with Crippen molar-refractivity contribution in [2.24, 2.45) is 0 Å². The molecular formula is C36H21N3O. The van der Waals surface area contributed by atoms with E-state index in [-0.39, 0.29) is 0 Å². The van der Waals surface area contributed by atoms with Crippen LogP contribution in [-0.2, 0) is 0 Å². The maximum atomic E-state index is 6.05. The number of pyridine rings is 2. The van der Waals surface area contributed by atoms with Gasteiger partial charge in [0, 0.05) is 39.5 Å². The summed E-state index contributed by atoms with van der Waals surface area (Å²) in [5.41, 5.74) is 9.23. The zero-order valence-electron chi connectivity index (χ0n) is 21.4. The molecule has 4 heterocycles. The number of nitrogens with zero attached hydrogens (tertiary/aromatic N) is 3. The molecule has 0 N–H and O–H groups in total. The van der Waals surface area contributed by atoms with E-state index < -0.39 is 0 Å². The normalized spacial score (nSPS) is 12.0. The van der Waals surface area contributed by atoms with Crippen molar-refractivity contribution in [3.05, 3.63) is 128 Å². The summed E-state index contributed by atoms with van der Waals surface area (Å²) < 4.78 is 8.27. The second kappa shape index (κ2) is 8.01. The fourth-order valence-corrected chi connectivity index (χ4v) is 6.17. The van der Waals surface area contributed by atoms with Crippen LogP contribution in [0, 0.1) is 0 Å². The third kappa shape index (κ3) is 3.01. The van der Waals surface area contributed by atoms with Gasteiger partial charge in [-0.2, -0.15) is 0 Å². The first-order valence-electron chi connectivity index (χ1n) is 13.4. The fraction of sp³-hybridized carbons (Fsp3) is 0. The number of furan rings is 1. The van der Waals surface area contributed by atoms with E-state index >= 15 is 0 Å². The van der Waals surface area contributed by atoms with Crippen molar-refractivity contribution < 1.29 is 4.42 Å². The minimum atomic E-state index is 0.903. The van der Waals surface area contributed by atoms with E-state index in [0.29, 0.717) is 0 Å². The van der Waals surface area contributed by atoms with Crippen molar-refractivity contribution in [3.63, 3.8) is 0 Å². The molecule has 0 radical (unpaired) electrons. The predicted octanol–water partition coefficient (Wildman–Crippen LogP) is 9.42. The molecule has 0 saturated carbocycles. The zero-order valence-corrected chi connectivity index (χ0v) is 21.4. The van der Waals surface area contributed by atoms with Crippen molar-refractivity contribution in [1.82, 2.24) is 14.4 Å². The molecule has 186 valence electrons. The van der Waals surface area contributed by atoms with E-state index in [9.17, 15) is 0 Å². The molecule has 0 aliphatic carbocycles. The van der Waals surface area contributed by atoms with Gasteiger partial charge in [-0.15, -0.1) is 0 Å². The second-order valence-corrected chi connectivity index (χ2v) is 10.3. The van der Waals surface area contributed by atoms with Crippen molar-refractivity contribution >= 4 is 60.2 Å². The average Bonchev–Trinajstić information content (AvgIpc) is 3.59. The maximum absolute atomic E-state index is 6.05. The predicted molar refractivity (Wildman–Crippen MR) is 164 cm³/mol. The SMILES string of the molecule is c1ccc(-c2ccc3c(c2)c2ccccc2c2nc4cc(-c5ccc6oc7ccccc7c6c5)ccn4c32)nc1. The van der Waals surface area contributed by atoms with E-state index in [4.69, 9.17) is 9.40 Å². The van der Waals surface area contributed by atoms with E-state index in [2.05, 4.69) is 107 Å². The monoisotopic (exact) mass is 511 g/mol. The number of rotatable bonds is 2. The molecule has 0 bridgehead atoms. The van der Waals surface area contributed by atoms with Crippen LogP contribution in [0.2, 0.25) is 0 Å². The highest BCUT2D eigenvalue weighted by molar-refractivity contribution is 6.24. The highest BCUT2D eigenvalue weighted by Gasteiger charge is 2.16. The number of imidazole rings is 1. The Morgan fingerprint density at radius 1 is 0.525 bits per heavy atom. The summed E-state index contributed by atoms with van der Waals surface area (Å²) in [6.07, 6.45) is 3.99. The Hall–Kier alpha value is -5.48. The van der Waals surface area contributed by atoms with Crippen LogP contribution in [0.15, 0.2) is 132 Å². The average molecular weight is 512 g/mol. The van der Waals surface area contributed by atoms with Crippen molar-refractivity contribution in [2.45, 2.75) is 0 Å². The molecule has 40 heavy (non-hydrogen) atoms. The molecule has 0 aliphatic heterocycles. The minimum Gasteiger partial charge on any atom is -0.456 e. The lowest BCUT2D eigenvalue weighted by Gasteiger charge is -2.10. The number of hydrogen-bond donors (Lipinski definition) is 0. The van der Waals surface area contributed by atoms with Gasteiger partial charge < -0.3 is 4.42 Å². The third-order valence-electron chi connectivity index (χ3n) is 8.04. The number of benzene rings is 5. The van der Waals surface area contributed by atoms with Crippen molar-refractivity contribution in [2.75, 3.05) is 0 Å². The molecule has 9 rings (SSSR count). The van der Waals surface area contributed by atoms with Gasteiger partial charge in [0.05, 0.1) is 16.7 Å². The summed E-state index contributed by atoms with van der Waals surface area (Å²) in [7, 11) is 0. The molecule has 5 aromatic carbocycles. The topological polar surface area (TPSA) is 43.3 Å². The van der Waals surface area contributed by atoms with Crippen LogP contribution in [0.1, 0.15) is 0 Å². The van der Waals surface area contributed by atoms with Gasteiger partial charge in [0.2, 0.25) is 0 Å². The Morgan fingerprint density at radius 3 is 2.17 bits per heavy atom. The van der Waals surface area contributed by atoms with Crippen LogP contribution in [0.5, 0.6) is 0 Å². The van der Waals surface area contributed by atoms with Crippen molar-refractivity contribution in [3.8, 4) is 22.4 Å². The van der Waals surface area contributed by atoms with Crippen LogP contribution < -0.4 is 0 Å². The standard InChI is InChI=1S/C36H21N3O/c1-2-9-27-25(7-1)29-20-24(31-10-5-6-17-37-31)12-14-28(29)36-35(27)38-34-21-23(16-18-39(34)36)22-13-15-33-30(19-22)26-8-3-4-11-32(26)40-33/h1-21H. The van der Waals surface area contributed by atoms with E-state index in [1.165, 1.54) is 16.2 Å². The van der Waals surface area contributed by atoms with Crippen LogP contribution in [0.4, 0.5) is 0 Å². The van der Waals surface area contributed by atoms with Gasteiger partial charge >= 0.3 is 0 Å². The lowest BCUT2D eigenvalue weighted by Crippen LogP contribution is -1.89. The fourth-order valence-electron chi connectivity index (χ4n) is 6.17. The highest BCUT2D eigenvalue weighted by atomic mass is 16.3. The largest absolute Gasteiger partial charge is 0.456 e. The molecule has 4 nitrogen and oxygen atoms in total. The van der Waals surface area contributed by atoms with Crippen molar-refractivity contribution in [1.29, 1.82) is 0 Å². The summed E-state index contributed by atoms with van der Waals surface area (Å²) in [5, 5.41) is 7.00. The second-order valence-electron chi connectivity index (χ2n) is 10.3. The highest BCUT2D eigenvalue weighted by Crippen LogP contribution is 2.38. The summed E-state index contributed by atoms with van der Waals surface area (Å²) in [6, 6.07) is 40.2. The van der Waals surface area contributed by atoms with Crippen LogP contribution in [-0.4, -0.2) is 14.4 Å². The third-order valence-corrected chi connectivity index (χ3v) is 8.04. The molecule has 4 heteroatoms. The molecule has 9 aromatic rings. The smallest absolute Gasteiger partial charge is 0.138 e. The first-order valence-corrected chi connectivity index (χ1v) is 13.4. The van der Waals surface area contributed by atoms with Gasteiger partial charge in [-0.3, -0.25) is 9.38 Å². The van der Waals surface area contributed by atoms with Gasteiger partial charge in [-0.25, -0.2) is 4.98 Å². The summed E-state index contributed by atoms with van der Waals surface area (Å²) >= 11 is 0. The molecule has 0 fully saturated rings. The first-order chi connectivity index (χ1) is 19.8. The van der Waals surface area contributed by atoms with Crippen LogP contribution in [0.25, 0.3) is 82.5 Å². The summed E-state index contributed by atoms with van der Waals surface area (Å²) in [5.74, 6) is 0. The zero-order chi connectivity index (χ0) is 26.2. The number of fused-ring (bicyclic) bond motifs is 11. The van der Waals surface area contributed by atoms with Gasteiger partial charge in [-0.1, -0.05) is 66.7 Å². The minimum absolute atomic E-state index is 0.903. The van der Waals surface area contributed by atoms with Gasteiger partial charge in [-0.05, 0) is 70.4 Å². The number of hydrogen-bond acceptors (Lipinski definition) is 3. The maximum Gasteiger partial charge on any atom is 0.138 e. The molecular weight excluding hydrogens is 490 g/mol. The Kier molecular flexibility index (Phi) is 4.30. The summed E-state index contributed by atoms with van der Waals surface area (Å²) in [4.78, 5) is 9.78. The Labute approximate surface area is 228 Å². The Bertz CT molecular complexity index is 2430. The summed E-state index contributed by atoms with van der Waals surface area (Å²) in [6.45, 7) is 0. The molecule has 0 aliphatic rings. The molecule has 4 aromatic heterocycles. The van der Waals surface area contributed by atoms with E-state index in [1.54, 1.807) is 0 Å². The molecule has 0 atom stereocenters. The number of para-hydroxylation sites is 1. The number of aromatic nitrogens is 3. The van der Waals surface area contributed by atoms with Gasteiger partial charge in [0.25, 0.3) is 0 Å².